The zero-order chi connectivity index (χ0) is 15.2. The van der Waals surface area contributed by atoms with Crippen molar-refractivity contribution in [3.05, 3.63) is 29.3 Å². The average molecular weight is 280 g/mol. The van der Waals surface area contributed by atoms with Gasteiger partial charge in [-0.25, -0.2) is 8.78 Å². The topological polar surface area (TPSA) is 64.3 Å². The molecule has 4 nitrogen and oxygen atoms in total. The molecule has 6 heteroatoms. The Morgan fingerprint density at radius 1 is 1.35 bits per heavy atom. The molecule has 1 aliphatic rings. The van der Waals surface area contributed by atoms with Crippen LogP contribution in [0.2, 0.25) is 0 Å². The van der Waals surface area contributed by atoms with Gasteiger partial charge in [0.15, 0.2) is 0 Å². The van der Waals surface area contributed by atoms with Gasteiger partial charge in [0, 0.05) is 5.69 Å². The second-order valence-corrected chi connectivity index (χ2v) is 5.48. The van der Waals surface area contributed by atoms with Crippen molar-refractivity contribution in [2.45, 2.75) is 32.9 Å². The Labute approximate surface area is 115 Å². The lowest BCUT2D eigenvalue weighted by molar-refractivity contribution is -0.126. The summed E-state index contributed by atoms with van der Waals surface area (Å²) in [6.07, 6.45) is -0.947. The van der Waals surface area contributed by atoms with Gasteiger partial charge in [-0.3, -0.25) is 4.79 Å². The zero-order valence-corrected chi connectivity index (χ0v) is 11.3. The Kier molecular flexibility index (Phi) is 3.26. The van der Waals surface area contributed by atoms with E-state index in [1.165, 1.54) is 6.07 Å². The number of aliphatic hydroxyl groups excluding tert-OH is 1. The molecule has 1 amide bonds. The van der Waals surface area contributed by atoms with Gasteiger partial charge in [-0.1, -0.05) is 0 Å². The molecule has 0 bridgehead atoms. The van der Waals surface area contributed by atoms with Gasteiger partial charge in [0.25, 0.3) is 0 Å². The fraction of sp³-hybridized carbons (Fsp3) is 0.429. The highest BCUT2D eigenvalue weighted by atomic mass is 19.1. The molecule has 0 radical (unpaired) electrons. The molecule has 1 N–H and O–H groups in total. The number of aliphatic hydroxyl groups is 1. The molecule has 0 aromatic heterocycles. The number of benzene rings is 1. The molecule has 1 saturated heterocycles. The van der Waals surface area contributed by atoms with E-state index in [1.54, 1.807) is 20.8 Å². The molecule has 1 aliphatic heterocycles. The first kappa shape index (κ1) is 14.4. The smallest absolute Gasteiger partial charge is 0.235 e. The van der Waals surface area contributed by atoms with Gasteiger partial charge in [-0.15, -0.1) is 0 Å². The van der Waals surface area contributed by atoms with Crippen LogP contribution in [0.15, 0.2) is 12.1 Å². The van der Waals surface area contributed by atoms with E-state index in [2.05, 4.69) is 0 Å². The van der Waals surface area contributed by atoms with E-state index in [4.69, 9.17) is 5.26 Å². The summed E-state index contributed by atoms with van der Waals surface area (Å²) < 4.78 is 27.3. The van der Waals surface area contributed by atoms with Crippen LogP contribution in [0.25, 0.3) is 0 Å². The van der Waals surface area contributed by atoms with E-state index in [0.29, 0.717) is 0 Å². The number of rotatable bonds is 1. The molecular weight excluding hydrogens is 266 g/mol. The Hall–Kier alpha value is -2.00. The van der Waals surface area contributed by atoms with Crippen molar-refractivity contribution < 1.29 is 18.7 Å². The molecule has 1 heterocycles. The highest BCUT2D eigenvalue weighted by Gasteiger charge is 2.51. The van der Waals surface area contributed by atoms with Crippen LogP contribution in [-0.2, 0) is 4.79 Å². The summed E-state index contributed by atoms with van der Waals surface area (Å²) in [7, 11) is 0. The Balaban J connectivity index is 2.54. The Morgan fingerprint density at radius 3 is 2.20 bits per heavy atom. The monoisotopic (exact) mass is 280 g/mol. The van der Waals surface area contributed by atoms with Crippen LogP contribution in [-0.4, -0.2) is 23.2 Å². The van der Waals surface area contributed by atoms with E-state index < -0.39 is 40.7 Å². The third-order valence-electron chi connectivity index (χ3n) is 3.79. The van der Waals surface area contributed by atoms with Gasteiger partial charge in [-0.05, 0) is 32.9 Å². The number of nitrogens with zero attached hydrogens (tertiary/aromatic N) is 2. The minimum absolute atomic E-state index is 0.00104. The van der Waals surface area contributed by atoms with Gasteiger partial charge >= 0.3 is 0 Å². The third kappa shape index (κ3) is 1.86. The number of anilines is 1. The van der Waals surface area contributed by atoms with Crippen molar-refractivity contribution in [3.8, 4) is 6.07 Å². The summed E-state index contributed by atoms with van der Waals surface area (Å²) in [4.78, 5) is 13.4. The highest BCUT2D eigenvalue weighted by Crippen LogP contribution is 2.39. The lowest BCUT2D eigenvalue weighted by Gasteiger charge is -2.23. The van der Waals surface area contributed by atoms with E-state index >= 15 is 0 Å². The predicted octanol–water partition coefficient (Wildman–Crippen LogP) is 1.96. The minimum Gasteiger partial charge on any atom is -0.390 e. The lowest BCUT2D eigenvalue weighted by Crippen LogP contribution is -2.34. The lowest BCUT2D eigenvalue weighted by atomic mass is 9.87. The van der Waals surface area contributed by atoms with Crippen LogP contribution in [0, 0.1) is 28.4 Å². The number of nitriles is 1. The van der Waals surface area contributed by atoms with Gasteiger partial charge in [0.2, 0.25) is 5.91 Å². The summed E-state index contributed by atoms with van der Waals surface area (Å²) in [6.45, 7) is 4.76. The number of amides is 1. The first-order chi connectivity index (χ1) is 9.21. The quantitative estimate of drug-likeness (QED) is 0.855. The summed E-state index contributed by atoms with van der Waals surface area (Å²) in [6, 6.07) is 2.69. The van der Waals surface area contributed by atoms with E-state index in [9.17, 15) is 18.7 Å². The number of carbonyl (C=O) groups excluding carboxylic acids is 1. The normalized spacial score (nSPS) is 24.9. The van der Waals surface area contributed by atoms with Gasteiger partial charge in [0.1, 0.15) is 23.3 Å². The largest absolute Gasteiger partial charge is 0.390 e. The van der Waals surface area contributed by atoms with E-state index in [0.717, 1.165) is 17.0 Å². The highest BCUT2D eigenvalue weighted by molar-refractivity contribution is 6.01. The van der Waals surface area contributed by atoms with Crippen molar-refractivity contribution in [1.82, 2.24) is 0 Å². The van der Waals surface area contributed by atoms with Crippen LogP contribution < -0.4 is 4.90 Å². The first-order valence-corrected chi connectivity index (χ1v) is 6.12. The van der Waals surface area contributed by atoms with E-state index in [-0.39, 0.29) is 5.69 Å². The summed E-state index contributed by atoms with van der Waals surface area (Å²) in [5.74, 6) is -2.47. The number of carbonyl (C=O) groups is 1. The van der Waals surface area contributed by atoms with Crippen LogP contribution in [0.3, 0.4) is 0 Å². The molecule has 2 atom stereocenters. The maximum Gasteiger partial charge on any atom is 0.235 e. The Morgan fingerprint density at radius 2 is 1.85 bits per heavy atom. The fourth-order valence-corrected chi connectivity index (χ4v) is 2.52. The van der Waals surface area contributed by atoms with Crippen molar-refractivity contribution in [3.63, 3.8) is 0 Å². The standard InChI is InChI=1S/C14H14F2N2O2/c1-7-12(19)14(2,3)13(20)18(7)8-4-10(15)9(6-17)11(16)5-8/h4-5,7,12,19H,1-3H3/t7-,12+/m1/s1. The molecule has 1 fully saturated rings. The van der Waals surface area contributed by atoms with E-state index in [1.807, 2.05) is 0 Å². The van der Waals surface area contributed by atoms with Crippen LogP contribution in [0.1, 0.15) is 26.3 Å². The van der Waals surface area contributed by atoms with Crippen molar-refractivity contribution in [2.75, 3.05) is 4.90 Å². The number of halogens is 2. The Bertz CT molecular complexity index is 599. The van der Waals surface area contributed by atoms with Crippen LogP contribution in [0.4, 0.5) is 14.5 Å². The van der Waals surface area contributed by atoms with Crippen molar-refractivity contribution >= 4 is 11.6 Å². The molecule has 0 aliphatic carbocycles. The minimum atomic E-state index is -1.03. The number of hydrogen-bond acceptors (Lipinski definition) is 3. The summed E-state index contributed by atoms with van der Waals surface area (Å²) >= 11 is 0. The second kappa shape index (κ2) is 4.53. The first-order valence-electron chi connectivity index (χ1n) is 6.12. The van der Waals surface area contributed by atoms with Gasteiger partial charge in [0.05, 0.1) is 17.6 Å². The van der Waals surface area contributed by atoms with Gasteiger partial charge in [-0.2, -0.15) is 5.26 Å². The summed E-state index contributed by atoms with van der Waals surface area (Å²) in [5.41, 5.74) is -1.71. The molecule has 0 saturated carbocycles. The average Bonchev–Trinajstić information content (AvgIpc) is 2.50. The maximum absolute atomic E-state index is 13.6. The molecule has 0 unspecified atom stereocenters. The van der Waals surface area contributed by atoms with Crippen LogP contribution >= 0.6 is 0 Å². The fourth-order valence-electron chi connectivity index (χ4n) is 2.52. The number of hydrogen-bond donors (Lipinski definition) is 1. The van der Waals surface area contributed by atoms with Crippen molar-refractivity contribution in [2.24, 2.45) is 5.41 Å². The molecule has 1 aromatic rings. The SMILES string of the molecule is C[C@@H]1[C@H](O)C(C)(C)C(=O)N1c1cc(F)c(C#N)c(F)c1. The molecule has 2 rings (SSSR count). The van der Waals surface area contributed by atoms with Crippen molar-refractivity contribution in [1.29, 1.82) is 5.26 Å². The molecular formula is C14H14F2N2O2. The summed E-state index contributed by atoms with van der Waals surface area (Å²) in [5, 5.41) is 18.7. The molecule has 20 heavy (non-hydrogen) atoms. The maximum atomic E-state index is 13.6. The third-order valence-corrected chi connectivity index (χ3v) is 3.79. The molecule has 0 spiro atoms. The molecule has 106 valence electrons. The second-order valence-electron chi connectivity index (χ2n) is 5.48. The molecule has 1 aromatic carbocycles. The van der Waals surface area contributed by atoms with Crippen LogP contribution in [0.5, 0.6) is 0 Å². The predicted molar refractivity (Wildman–Crippen MR) is 67.8 cm³/mol. The zero-order valence-electron chi connectivity index (χ0n) is 11.3. The van der Waals surface area contributed by atoms with Gasteiger partial charge < -0.3 is 10.0 Å².